The van der Waals surface area contributed by atoms with Crippen molar-refractivity contribution in [2.45, 2.75) is 20.5 Å². The van der Waals surface area contributed by atoms with Crippen LogP contribution in [0, 0.1) is 13.8 Å². The molecule has 2 aromatic carbocycles. The summed E-state index contributed by atoms with van der Waals surface area (Å²) in [6, 6.07) is 11.4. The molecule has 0 atom stereocenters. The highest BCUT2D eigenvalue weighted by Gasteiger charge is 2.10. The highest BCUT2D eigenvalue weighted by Crippen LogP contribution is 2.30. The Morgan fingerprint density at radius 2 is 1.90 bits per heavy atom. The Kier molecular flexibility index (Phi) is 4.41. The Morgan fingerprint density at radius 1 is 1.10 bits per heavy atom. The number of ether oxygens (including phenoxy) is 2. The van der Waals surface area contributed by atoms with Gasteiger partial charge in [-0.3, -0.25) is 4.79 Å². The van der Waals surface area contributed by atoms with Crippen LogP contribution in [0.4, 0.5) is 0 Å². The molecule has 0 saturated heterocycles. The molecule has 0 aromatic heterocycles. The summed E-state index contributed by atoms with van der Waals surface area (Å²) >= 11 is 0. The summed E-state index contributed by atoms with van der Waals surface area (Å²) in [6.07, 6.45) is 0.776. The fourth-order valence-electron chi connectivity index (χ4n) is 1.99. The van der Waals surface area contributed by atoms with Crippen molar-refractivity contribution in [3.8, 4) is 11.5 Å². The average Bonchev–Trinajstić information content (AvgIpc) is 2.48. The zero-order chi connectivity index (χ0) is 14.5. The number of hydrogen-bond acceptors (Lipinski definition) is 3. The topological polar surface area (TPSA) is 35.5 Å². The summed E-state index contributed by atoms with van der Waals surface area (Å²) in [7, 11) is 1.56. The average molecular weight is 270 g/mol. The SMILES string of the molecule is COc1cccc(C=O)c1OCc1ccc(C)c(C)c1. The Morgan fingerprint density at radius 3 is 2.55 bits per heavy atom. The van der Waals surface area contributed by atoms with E-state index in [1.54, 1.807) is 25.3 Å². The van der Waals surface area contributed by atoms with Gasteiger partial charge in [0.05, 0.1) is 12.7 Å². The first-order valence-corrected chi connectivity index (χ1v) is 6.47. The molecule has 0 radical (unpaired) electrons. The van der Waals surface area contributed by atoms with Gasteiger partial charge in [0, 0.05) is 0 Å². The molecule has 0 aliphatic heterocycles. The van der Waals surface area contributed by atoms with Crippen LogP contribution in [0.5, 0.6) is 11.5 Å². The normalized spacial score (nSPS) is 10.2. The van der Waals surface area contributed by atoms with Gasteiger partial charge >= 0.3 is 0 Å². The van der Waals surface area contributed by atoms with E-state index >= 15 is 0 Å². The van der Waals surface area contributed by atoms with E-state index in [-0.39, 0.29) is 0 Å². The monoisotopic (exact) mass is 270 g/mol. The molecule has 2 aromatic rings. The molecule has 104 valence electrons. The second-order valence-electron chi connectivity index (χ2n) is 4.70. The van der Waals surface area contributed by atoms with Crippen molar-refractivity contribution >= 4 is 6.29 Å². The van der Waals surface area contributed by atoms with Gasteiger partial charge in [-0.05, 0) is 42.7 Å². The highest BCUT2D eigenvalue weighted by atomic mass is 16.5. The van der Waals surface area contributed by atoms with E-state index < -0.39 is 0 Å². The number of hydrogen-bond donors (Lipinski definition) is 0. The van der Waals surface area contributed by atoms with Gasteiger partial charge in [-0.1, -0.05) is 24.3 Å². The first-order valence-electron chi connectivity index (χ1n) is 6.47. The summed E-state index contributed by atoms with van der Waals surface area (Å²) in [5.41, 5.74) is 4.03. The summed E-state index contributed by atoms with van der Waals surface area (Å²) in [4.78, 5) is 11.1. The van der Waals surface area contributed by atoms with Gasteiger partial charge in [0.1, 0.15) is 6.61 Å². The number of rotatable bonds is 5. The van der Waals surface area contributed by atoms with Gasteiger partial charge in [-0.15, -0.1) is 0 Å². The Balaban J connectivity index is 2.21. The van der Waals surface area contributed by atoms with Crippen LogP contribution < -0.4 is 9.47 Å². The lowest BCUT2D eigenvalue weighted by Gasteiger charge is -2.13. The number of aldehydes is 1. The summed E-state index contributed by atoms with van der Waals surface area (Å²) < 4.78 is 11.0. The lowest BCUT2D eigenvalue weighted by Crippen LogP contribution is -2.01. The summed E-state index contributed by atoms with van der Waals surface area (Å²) in [6.45, 7) is 4.55. The molecule has 0 heterocycles. The minimum absolute atomic E-state index is 0.405. The maximum atomic E-state index is 11.1. The van der Waals surface area contributed by atoms with E-state index in [9.17, 15) is 4.79 Å². The van der Waals surface area contributed by atoms with Crippen LogP contribution in [0.25, 0.3) is 0 Å². The quantitative estimate of drug-likeness (QED) is 0.777. The van der Waals surface area contributed by atoms with Crippen LogP contribution in [0.1, 0.15) is 27.0 Å². The van der Waals surface area contributed by atoms with Crippen LogP contribution in [-0.2, 0) is 6.61 Å². The molecule has 0 spiro atoms. The largest absolute Gasteiger partial charge is 0.493 e. The molecule has 3 nitrogen and oxygen atoms in total. The standard InChI is InChI=1S/C17H18O3/c1-12-7-8-14(9-13(12)2)11-20-17-15(10-18)5-4-6-16(17)19-3/h4-10H,11H2,1-3H3. The molecule has 0 aliphatic carbocycles. The summed E-state index contributed by atoms with van der Waals surface area (Å²) in [5, 5.41) is 0. The second-order valence-corrected chi connectivity index (χ2v) is 4.70. The Hall–Kier alpha value is -2.29. The van der Waals surface area contributed by atoms with E-state index in [4.69, 9.17) is 9.47 Å². The minimum atomic E-state index is 0.405. The van der Waals surface area contributed by atoms with Crippen molar-refractivity contribution in [1.82, 2.24) is 0 Å². The molecule has 3 heteroatoms. The molecule has 0 unspecified atom stereocenters. The third kappa shape index (κ3) is 2.99. The predicted molar refractivity (Wildman–Crippen MR) is 78.6 cm³/mol. The third-order valence-corrected chi connectivity index (χ3v) is 3.31. The van der Waals surface area contributed by atoms with Gasteiger partial charge in [-0.2, -0.15) is 0 Å². The van der Waals surface area contributed by atoms with Gasteiger partial charge < -0.3 is 9.47 Å². The van der Waals surface area contributed by atoms with Crippen molar-refractivity contribution in [2.75, 3.05) is 7.11 Å². The highest BCUT2D eigenvalue weighted by molar-refractivity contribution is 5.81. The number of methoxy groups -OCH3 is 1. The molecule has 0 fully saturated rings. The van der Waals surface area contributed by atoms with E-state index in [0.717, 1.165) is 11.8 Å². The van der Waals surface area contributed by atoms with E-state index in [0.29, 0.717) is 23.7 Å². The van der Waals surface area contributed by atoms with Crippen molar-refractivity contribution in [2.24, 2.45) is 0 Å². The number of para-hydroxylation sites is 1. The Bertz CT molecular complexity index is 618. The lowest BCUT2D eigenvalue weighted by atomic mass is 10.1. The van der Waals surface area contributed by atoms with Crippen LogP contribution in [0.3, 0.4) is 0 Å². The van der Waals surface area contributed by atoms with Crippen molar-refractivity contribution in [3.63, 3.8) is 0 Å². The molecular weight excluding hydrogens is 252 g/mol. The maximum Gasteiger partial charge on any atom is 0.172 e. The number of benzene rings is 2. The predicted octanol–water partition coefficient (Wildman–Crippen LogP) is 3.70. The number of aryl methyl sites for hydroxylation is 2. The first kappa shape index (κ1) is 14.1. The molecule has 2 rings (SSSR count). The zero-order valence-electron chi connectivity index (χ0n) is 12.0. The molecule has 0 saturated carbocycles. The molecular formula is C17H18O3. The van der Waals surface area contributed by atoms with Crippen LogP contribution >= 0.6 is 0 Å². The van der Waals surface area contributed by atoms with E-state index in [1.807, 2.05) is 6.07 Å². The van der Waals surface area contributed by atoms with Crippen LogP contribution in [-0.4, -0.2) is 13.4 Å². The minimum Gasteiger partial charge on any atom is -0.493 e. The molecule has 0 N–H and O–H groups in total. The Labute approximate surface area is 119 Å². The first-order chi connectivity index (χ1) is 9.65. The van der Waals surface area contributed by atoms with E-state index in [2.05, 4.69) is 26.0 Å². The van der Waals surface area contributed by atoms with Gasteiger partial charge in [0.25, 0.3) is 0 Å². The van der Waals surface area contributed by atoms with Crippen molar-refractivity contribution in [3.05, 3.63) is 58.7 Å². The second kappa shape index (κ2) is 6.24. The van der Waals surface area contributed by atoms with E-state index in [1.165, 1.54) is 11.1 Å². The fourth-order valence-corrected chi connectivity index (χ4v) is 1.99. The fraction of sp³-hybridized carbons (Fsp3) is 0.235. The smallest absolute Gasteiger partial charge is 0.172 e. The van der Waals surface area contributed by atoms with Crippen LogP contribution in [0.2, 0.25) is 0 Å². The molecule has 0 amide bonds. The van der Waals surface area contributed by atoms with Crippen molar-refractivity contribution < 1.29 is 14.3 Å². The van der Waals surface area contributed by atoms with Gasteiger partial charge in [0.15, 0.2) is 17.8 Å². The number of carbonyl (C=O) groups is 1. The lowest BCUT2D eigenvalue weighted by molar-refractivity contribution is 0.111. The molecule has 0 bridgehead atoms. The van der Waals surface area contributed by atoms with Crippen LogP contribution in [0.15, 0.2) is 36.4 Å². The molecule has 20 heavy (non-hydrogen) atoms. The van der Waals surface area contributed by atoms with Gasteiger partial charge in [0.2, 0.25) is 0 Å². The third-order valence-electron chi connectivity index (χ3n) is 3.31. The number of carbonyl (C=O) groups excluding carboxylic acids is 1. The van der Waals surface area contributed by atoms with Crippen molar-refractivity contribution in [1.29, 1.82) is 0 Å². The van der Waals surface area contributed by atoms with Gasteiger partial charge in [-0.25, -0.2) is 0 Å². The zero-order valence-corrected chi connectivity index (χ0v) is 12.0. The molecule has 0 aliphatic rings. The summed E-state index contributed by atoms with van der Waals surface area (Å²) in [5.74, 6) is 1.06. The maximum absolute atomic E-state index is 11.1.